The van der Waals surface area contributed by atoms with Gasteiger partial charge in [-0.15, -0.1) is 0 Å². The number of nitriles is 1. The fraction of sp³-hybridized carbons (Fsp3) is 0.121. The molecular formula is C33H25F2N3O2. The quantitative estimate of drug-likeness (QED) is 0.276. The van der Waals surface area contributed by atoms with Gasteiger partial charge in [-0.1, -0.05) is 66.2 Å². The largest absolute Gasteiger partial charge is 0.322 e. The van der Waals surface area contributed by atoms with Crippen molar-refractivity contribution in [1.82, 2.24) is 0 Å². The Labute approximate surface area is 231 Å². The number of fused-ring (bicyclic) bond motifs is 1. The van der Waals surface area contributed by atoms with Crippen LogP contribution in [0.15, 0.2) is 103 Å². The molecule has 4 aromatic rings. The smallest absolute Gasteiger partial charge is 0.276 e. The summed E-state index contributed by atoms with van der Waals surface area (Å²) in [5.41, 5.74) is 4.19. The average molecular weight is 534 g/mol. The van der Waals surface area contributed by atoms with Crippen LogP contribution in [0.25, 0.3) is 16.7 Å². The summed E-state index contributed by atoms with van der Waals surface area (Å²) in [6, 6.07) is 29.6. The molecule has 1 heterocycles. The van der Waals surface area contributed by atoms with Gasteiger partial charge in [-0.05, 0) is 54.4 Å². The number of nitrogens with one attached hydrogen (secondary N) is 1. The first kappa shape index (κ1) is 26.5. The maximum Gasteiger partial charge on any atom is 0.276 e. The molecule has 198 valence electrons. The number of para-hydroxylation sites is 1. The second kappa shape index (κ2) is 11.0. The van der Waals surface area contributed by atoms with E-state index in [1.54, 1.807) is 60.7 Å². The highest BCUT2D eigenvalue weighted by Gasteiger charge is 2.41. The maximum atomic E-state index is 14.9. The van der Waals surface area contributed by atoms with Gasteiger partial charge in [0, 0.05) is 47.0 Å². The zero-order chi connectivity index (χ0) is 28.3. The van der Waals surface area contributed by atoms with Crippen LogP contribution in [0, 0.1) is 18.3 Å². The second-order valence-corrected chi connectivity index (χ2v) is 9.56. The molecule has 0 bridgehead atoms. The Morgan fingerprint density at radius 2 is 1.55 bits per heavy atom. The van der Waals surface area contributed by atoms with Crippen LogP contribution in [-0.2, 0) is 0 Å². The van der Waals surface area contributed by atoms with E-state index in [-0.39, 0.29) is 23.6 Å². The molecular weight excluding hydrogens is 508 g/mol. The van der Waals surface area contributed by atoms with Crippen molar-refractivity contribution in [2.45, 2.75) is 19.3 Å². The lowest BCUT2D eigenvalue weighted by Gasteiger charge is -2.23. The molecule has 5 rings (SSSR count). The number of halogens is 2. The van der Waals surface area contributed by atoms with Crippen molar-refractivity contribution < 1.29 is 18.4 Å². The molecule has 1 N–H and O–H groups in total. The number of rotatable bonds is 4. The number of hydrogen-bond acceptors (Lipinski definition) is 3. The van der Waals surface area contributed by atoms with Gasteiger partial charge in [0.15, 0.2) is 0 Å². The standard InChI is InChI=1S/C33H25F2N3O2/c1-22-10-12-23(13-11-22)26-6-2-3-7-27(26)31(39)37-25-16-14-24(15-17-25)32(40)38-21-19-33(34,35)29(18-20-36)28-8-4-5-9-30(28)38/h2-18H,19,21H2,1H3,(H,37,39). The number of allylic oxidation sites excluding steroid dienone is 2. The van der Waals surface area contributed by atoms with Gasteiger partial charge in [0.1, 0.15) is 0 Å². The van der Waals surface area contributed by atoms with Crippen molar-refractivity contribution in [2.75, 3.05) is 16.8 Å². The Balaban J connectivity index is 1.38. The van der Waals surface area contributed by atoms with Gasteiger partial charge in [-0.25, -0.2) is 8.78 Å². The molecule has 0 saturated carbocycles. The number of hydrogen-bond donors (Lipinski definition) is 1. The Morgan fingerprint density at radius 1 is 0.900 bits per heavy atom. The molecule has 1 aliphatic rings. The highest BCUT2D eigenvalue weighted by molar-refractivity contribution is 6.10. The van der Waals surface area contributed by atoms with E-state index in [0.29, 0.717) is 16.9 Å². The highest BCUT2D eigenvalue weighted by atomic mass is 19.3. The molecule has 2 amide bonds. The Bertz CT molecular complexity index is 1650. The van der Waals surface area contributed by atoms with Crippen molar-refractivity contribution in [3.63, 3.8) is 0 Å². The van der Waals surface area contributed by atoms with Crippen LogP contribution in [0.1, 0.15) is 38.3 Å². The van der Waals surface area contributed by atoms with E-state index in [1.165, 1.54) is 11.0 Å². The van der Waals surface area contributed by atoms with Crippen LogP contribution >= 0.6 is 0 Å². The van der Waals surface area contributed by atoms with Crippen LogP contribution in [0.3, 0.4) is 0 Å². The normalized spacial score (nSPS) is 15.1. The number of amides is 2. The SMILES string of the molecule is Cc1ccc(-c2ccccc2C(=O)Nc2ccc(C(=O)N3CCC(F)(F)C(=CC#N)c4ccccc43)cc2)cc1. The van der Waals surface area contributed by atoms with Crippen LogP contribution in [0.5, 0.6) is 0 Å². The molecule has 7 heteroatoms. The van der Waals surface area contributed by atoms with E-state index in [4.69, 9.17) is 5.26 Å². The fourth-order valence-electron chi connectivity index (χ4n) is 4.82. The minimum Gasteiger partial charge on any atom is -0.322 e. The van der Waals surface area contributed by atoms with Crippen molar-refractivity contribution in [2.24, 2.45) is 0 Å². The topological polar surface area (TPSA) is 73.2 Å². The molecule has 40 heavy (non-hydrogen) atoms. The lowest BCUT2D eigenvalue weighted by atomic mass is 9.97. The minimum atomic E-state index is -3.26. The van der Waals surface area contributed by atoms with Gasteiger partial charge in [-0.3, -0.25) is 9.59 Å². The van der Waals surface area contributed by atoms with Gasteiger partial charge in [0.2, 0.25) is 0 Å². The Kier molecular flexibility index (Phi) is 7.26. The number of benzene rings is 4. The van der Waals surface area contributed by atoms with E-state index in [0.717, 1.165) is 22.8 Å². The van der Waals surface area contributed by atoms with Crippen LogP contribution in [0.2, 0.25) is 0 Å². The summed E-state index contributed by atoms with van der Waals surface area (Å²) in [6.45, 7) is 1.78. The zero-order valence-electron chi connectivity index (χ0n) is 21.7. The summed E-state index contributed by atoms with van der Waals surface area (Å²) in [6.07, 6.45) is 0.233. The van der Waals surface area contributed by atoms with Gasteiger partial charge in [-0.2, -0.15) is 5.26 Å². The molecule has 1 aliphatic heterocycles. The van der Waals surface area contributed by atoms with Gasteiger partial charge in [0.05, 0.1) is 11.8 Å². The van der Waals surface area contributed by atoms with Crippen molar-refractivity contribution in [1.29, 1.82) is 5.26 Å². The number of carbonyl (C=O) groups is 2. The summed E-state index contributed by atoms with van der Waals surface area (Å²) in [5.74, 6) is -4.01. The molecule has 0 spiro atoms. The van der Waals surface area contributed by atoms with Gasteiger partial charge >= 0.3 is 0 Å². The lowest BCUT2D eigenvalue weighted by molar-refractivity contribution is 0.0602. The number of alkyl halides is 2. The highest BCUT2D eigenvalue weighted by Crippen LogP contribution is 2.43. The number of anilines is 2. The monoisotopic (exact) mass is 533 g/mol. The molecule has 0 radical (unpaired) electrons. The molecule has 0 saturated heterocycles. The summed E-state index contributed by atoms with van der Waals surface area (Å²) in [7, 11) is 0. The number of carbonyl (C=O) groups excluding carboxylic acids is 2. The zero-order valence-corrected chi connectivity index (χ0v) is 21.7. The van der Waals surface area contributed by atoms with Crippen molar-refractivity contribution in [3.05, 3.63) is 125 Å². The molecule has 0 aromatic heterocycles. The number of nitrogens with zero attached hydrogens (tertiary/aromatic N) is 2. The first-order valence-electron chi connectivity index (χ1n) is 12.8. The van der Waals surface area contributed by atoms with Gasteiger partial charge < -0.3 is 10.2 Å². The summed E-state index contributed by atoms with van der Waals surface area (Å²) in [5, 5.41) is 12.0. The third kappa shape index (κ3) is 5.25. The van der Waals surface area contributed by atoms with E-state index < -0.39 is 23.8 Å². The first-order valence-corrected chi connectivity index (χ1v) is 12.8. The average Bonchev–Trinajstić information content (AvgIpc) is 3.07. The summed E-state index contributed by atoms with van der Waals surface area (Å²) >= 11 is 0. The third-order valence-electron chi connectivity index (χ3n) is 6.91. The lowest BCUT2D eigenvalue weighted by Crippen LogP contribution is -2.33. The Hall–Kier alpha value is -5.09. The third-order valence-corrected chi connectivity index (χ3v) is 6.91. The van der Waals surface area contributed by atoms with Crippen molar-refractivity contribution >= 4 is 28.8 Å². The van der Waals surface area contributed by atoms with Crippen molar-refractivity contribution in [3.8, 4) is 17.2 Å². The van der Waals surface area contributed by atoms with E-state index in [1.807, 2.05) is 43.3 Å². The van der Waals surface area contributed by atoms with E-state index >= 15 is 0 Å². The number of aryl methyl sites for hydroxylation is 1. The maximum absolute atomic E-state index is 14.9. The van der Waals surface area contributed by atoms with Crippen LogP contribution < -0.4 is 10.2 Å². The van der Waals surface area contributed by atoms with E-state index in [2.05, 4.69) is 5.32 Å². The molecule has 0 atom stereocenters. The molecule has 4 aromatic carbocycles. The molecule has 5 nitrogen and oxygen atoms in total. The Morgan fingerprint density at radius 3 is 2.25 bits per heavy atom. The summed E-state index contributed by atoms with van der Waals surface area (Å²) < 4.78 is 29.8. The summed E-state index contributed by atoms with van der Waals surface area (Å²) in [4.78, 5) is 28.0. The molecule has 0 unspecified atom stereocenters. The first-order chi connectivity index (χ1) is 19.3. The predicted molar refractivity (Wildman–Crippen MR) is 152 cm³/mol. The van der Waals surface area contributed by atoms with Gasteiger partial charge in [0.25, 0.3) is 17.7 Å². The van der Waals surface area contributed by atoms with E-state index in [9.17, 15) is 18.4 Å². The minimum absolute atomic E-state index is 0.149. The second-order valence-electron chi connectivity index (χ2n) is 9.56. The van der Waals surface area contributed by atoms with Crippen LogP contribution in [-0.4, -0.2) is 24.3 Å². The predicted octanol–water partition coefficient (Wildman–Crippen LogP) is 7.51. The fourth-order valence-corrected chi connectivity index (χ4v) is 4.82. The van der Waals surface area contributed by atoms with Crippen LogP contribution in [0.4, 0.5) is 20.2 Å². The molecule has 0 fully saturated rings. The molecule has 0 aliphatic carbocycles.